The van der Waals surface area contributed by atoms with E-state index in [1.807, 2.05) is 84.2 Å². The van der Waals surface area contributed by atoms with Gasteiger partial charge in [-0.15, -0.1) is 10.2 Å². The number of amides is 1. The van der Waals surface area contributed by atoms with E-state index in [9.17, 15) is 9.18 Å². The highest BCUT2D eigenvalue weighted by molar-refractivity contribution is 5.92. The molecule has 0 saturated heterocycles. The van der Waals surface area contributed by atoms with Crippen molar-refractivity contribution >= 4 is 5.91 Å². The molecule has 4 rings (SSSR count). The second-order valence-electron chi connectivity index (χ2n) is 9.06. The number of ether oxygens (including phenoxy) is 1. The second-order valence-corrected chi connectivity index (χ2v) is 9.06. The zero-order valence-electron chi connectivity index (χ0n) is 28.2. The highest BCUT2D eigenvalue weighted by Gasteiger charge is 2.20. The molecule has 1 aromatic carbocycles. The van der Waals surface area contributed by atoms with Gasteiger partial charge in [0.1, 0.15) is 28.8 Å². The van der Waals surface area contributed by atoms with E-state index in [-0.39, 0.29) is 11.7 Å². The first-order chi connectivity index (χ1) is 20.6. The van der Waals surface area contributed by atoms with Gasteiger partial charge in [-0.1, -0.05) is 73.6 Å². The van der Waals surface area contributed by atoms with E-state index in [4.69, 9.17) is 4.74 Å². The molecule has 9 nitrogen and oxygen atoms in total. The number of benzene rings is 1. The van der Waals surface area contributed by atoms with Crippen molar-refractivity contribution < 1.29 is 13.9 Å². The van der Waals surface area contributed by atoms with Gasteiger partial charge in [-0.3, -0.25) is 9.36 Å². The van der Waals surface area contributed by atoms with Crippen LogP contribution in [0.2, 0.25) is 0 Å². The number of para-hydroxylation sites is 1. The maximum absolute atomic E-state index is 12.3. The van der Waals surface area contributed by atoms with E-state index in [1.165, 1.54) is 17.3 Å². The molecule has 0 aliphatic heterocycles. The number of carbonyl (C=O) groups is 1. The summed E-state index contributed by atoms with van der Waals surface area (Å²) in [5.41, 5.74) is 2.81. The van der Waals surface area contributed by atoms with Crippen LogP contribution in [0.3, 0.4) is 0 Å². The summed E-state index contributed by atoms with van der Waals surface area (Å²) in [5, 5.41) is 8.51. The third-order valence-electron chi connectivity index (χ3n) is 5.34. The average Bonchev–Trinajstić information content (AvgIpc) is 3.41. The van der Waals surface area contributed by atoms with Gasteiger partial charge >= 0.3 is 0 Å². The molecule has 43 heavy (non-hydrogen) atoms. The average molecular weight is 596 g/mol. The summed E-state index contributed by atoms with van der Waals surface area (Å²) >= 11 is 0. The Labute approximate surface area is 257 Å². The lowest BCUT2D eigenvalue weighted by molar-refractivity contribution is 0.0822. The summed E-state index contributed by atoms with van der Waals surface area (Å²) in [6, 6.07) is 11.1. The van der Waals surface area contributed by atoms with Gasteiger partial charge < -0.3 is 9.64 Å². The lowest BCUT2D eigenvalue weighted by atomic mass is 10.1. The second kappa shape index (κ2) is 20.6. The number of aromatic nitrogens is 6. The van der Waals surface area contributed by atoms with Crippen molar-refractivity contribution in [3.05, 3.63) is 77.5 Å². The first-order valence-electron chi connectivity index (χ1n) is 14.8. The summed E-state index contributed by atoms with van der Waals surface area (Å²) in [6.07, 6.45) is 3.20. The molecule has 10 heteroatoms. The lowest BCUT2D eigenvalue weighted by Crippen LogP contribution is -2.22. The quantitative estimate of drug-likeness (QED) is 0.227. The Morgan fingerprint density at radius 3 is 2.05 bits per heavy atom. The number of hydrogen-bond acceptors (Lipinski definition) is 7. The van der Waals surface area contributed by atoms with Gasteiger partial charge in [0.05, 0.1) is 25.2 Å². The van der Waals surface area contributed by atoms with Crippen molar-refractivity contribution in [2.75, 3.05) is 21.2 Å². The Morgan fingerprint density at radius 1 is 0.930 bits per heavy atom. The molecule has 1 amide bonds. The van der Waals surface area contributed by atoms with Gasteiger partial charge in [0.15, 0.2) is 11.6 Å². The maximum atomic E-state index is 12.3. The third-order valence-corrected chi connectivity index (χ3v) is 5.34. The summed E-state index contributed by atoms with van der Waals surface area (Å²) in [7, 11) is 5.02. The molecule has 3 heterocycles. The number of hydrogen-bond donors (Lipinski definition) is 0. The highest BCUT2D eigenvalue weighted by Crippen LogP contribution is 2.31. The van der Waals surface area contributed by atoms with Crippen LogP contribution in [0.5, 0.6) is 5.75 Å². The van der Waals surface area contributed by atoms with Crippen LogP contribution in [0.25, 0.3) is 17.2 Å². The molecular weight excluding hydrogens is 545 g/mol. The van der Waals surface area contributed by atoms with Gasteiger partial charge in [-0.05, 0) is 43.5 Å². The zero-order valence-corrected chi connectivity index (χ0v) is 28.2. The van der Waals surface area contributed by atoms with Crippen molar-refractivity contribution in [1.82, 2.24) is 34.6 Å². The zero-order chi connectivity index (χ0) is 33.1. The van der Waals surface area contributed by atoms with Crippen molar-refractivity contribution in [2.24, 2.45) is 5.92 Å². The molecule has 0 fully saturated rings. The first kappa shape index (κ1) is 38.8. The molecule has 0 atom stereocenters. The minimum atomic E-state index is -0.377. The number of halogens is 1. The van der Waals surface area contributed by atoms with Crippen molar-refractivity contribution in [1.29, 1.82) is 0 Å². The first-order valence-corrected chi connectivity index (χ1v) is 14.8. The minimum Gasteiger partial charge on any atom is -0.495 e. The molecule has 0 N–H and O–H groups in total. The molecule has 3 aromatic heterocycles. The van der Waals surface area contributed by atoms with Crippen LogP contribution in [0, 0.1) is 25.6 Å². The van der Waals surface area contributed by atoms with E-state index in [2.05, 4.69) is 39.0 Å². The predicted octanol–water partition coefficient (Wildman–Crippen LogP) is 7.55. The highest BCUT2D eigenvalue weighted by atomic mass is 19.1. The van der Waals surface area contributed by atoms with Gasteiger partial charge in [0.25, 0.3) is 5.91 Å². The number of rotatable bonds is 6. The number of pyridine rings is 1. The van der Waals surface area contributed by atoms with Crippen LogP contribution in [0.4, 0.5) is 4.39 Å². The van der Waals surface area contributed by atoms with Crippen molar-refractivity contribution in [2.45, 2.75) is 75.7 Å². The molecule has 0 saturated carbocycles. The predicted molar refractivity (Wildman–Crippen MR) is 173 cm³/mol. The fourth-order valence-electron chi connectivity index (χ4n) is 3.60. The summed E-state index contributed by atoms with van der Waals surface area (Å²) in [4.78, 5) is 25.9. The molecule has 0 bridgehead atoms. The van der Waals surface area contributed by atoms with E-state index in [1.54, 1.807) is 33.3 Å². The Bertz CT molecular complexity index is 1350. The standard InChI is InChI=1S/C19H21N5O2.C8H11FN2.3C2H6/c1-12-8-6-11-16(26-5)17(12)24-13(2)21-22-18(24)14-9-7-10-15(20-14)19(25)23(3)4;1-6(2)3-8-10-4-7(9)5-11-8;3*1-2/h6-11H,1-5H3;4-6H,3H2,1-2H3;3*1-2H3. The fourth-order valence-corrected chi connectivity index (χ4v) is 3.60. The Morgan fingerprint density at radius 2 is 1.51 bits per heavy atom. The SMILES string of the molecule is CC.CC.CC.CC(C)Cc1ncc(F)cn1.COc1cccc(C)c1-n1c(C)nnc1-c1cccc(C(=O)N(C)C)n1. The molecule has 236 valence electrons. The largest absolute Gasteiger partial charge is 0.495 e. The Balaban J connectivity index is 0.000000867. The molecular formula is C33H50FN7O2. The smallest absolute Gasteiger partial charge is 0.271 e. The summed E-state index contributed by atoms with van der Waals surface area (Å²) in [6.45, 7) is 20.0. The molecule has 0 unspecified atom stereocenters. The summed E-state index contributed by atoms with van der Waals surface area (Å²) in [5.74, 6) is 2.67. The van der Waals surface area contributed by atoms with E-state index >= 15 is 0 Å². The van der Waals surface area contributed by atoms with Gasteiger partial charge in [-0.25, -0.2) is 19.3 Å². The van der Waals surface area contributed by atoms with Crippen LogP contribution in [0.15, 0.2) is 48.8 Å². The number of aryl methyl sites for hydroxylation is 2. The monoisotopic (exact) mass is 595 g/mol. The lowest BCUT2D eigenvalue weighted by Gasteiger charge is -2.15. The molecule has 0 aliphatic rings. The summed E-state index contributed by atoms with van der Waals surface area (Å²) < 4.78 is 19.7. The molecule has 4 aromatic rings. The Kier molecular flexibility index (Phi) is 18.6. The van der Waals surface area contributed by atoms with E-state index < -0.39 is 0 Å². The van der Waals surface area contributed by atoms with Crippen molar-refractivity contribution in [3.8, 4) is 23.0 Å². The molecule has 0 radical (unpaired) electrons. The third kappa shape index (κ3) is 11.5. The van der Waals surface area contributed by atoms with Crippen LogP contribution in [-0.2, 0) is 6.42 Å². The number of carbonyl (C=O) groups excluding carboxylic acids is 1. The van der Waals surface area contributed by atoms with Gasteiger partial charge in [0.2, 0.25) is 0 Å². The maximum Gasteiger partial charge on any atom is 0.271 e. The minimum absolute atomic E-state index is 0.164. The normalized spacial score (nSPS) is 9.56. The molecule has 0 spiro atoms. The number of nitrogens with zero attached hydrogens (tertiary/aromatic N) is 7. The van der Waals surface area contributed by atoms with Gasteiger partial charge in [0, 0.05) is 20.5 Å². The Hall–Kier alpha value is -4.21. The van der Waals surface area contributed by atoms with Crippen molar-refractivity contribution in [3.63, 3.8) is 0 Å². The van der Waals surface area contributed by atoms with Gasteiger partial charge in [-0.2, -0.15) is 0 Å². The van der Waals surface area contributed by atoms with Crippen LogP contribution in [0.1, 0.15) is 83.1 Å². The fraction of sp³-hybridized carbons (Fsp3) is 0.455. The molecule has 0 aliphatic carbocycles. The van der Waals surface area contributed by atoms with Crippen LogP contribution in [-0.4, -0.2) is 61.7 Å². The number of methoxy groups -OCH3 is 1. The van der Waals surface area contributed by atoms with Crippen LogP contribution < -0.4 is 4.74 Å². The van der Waals surface area contributed by atoms with E-state index in [0.29, 0.717) is 34.8 Å². The topological polar surface area (TPSA) is 98.9 Å². The van der Waals surface area contributed by atoms with E-state index in [0.717, 1.165) is 23.4 Å². The van der Waals surface area contributed by atoms with Crippen LogP contribution >= 0.6 is 0 Å².